The lowest BCUT2D eigenvalue weighted by molar-refractivity contribution is -0.145. The van der Waals surface area contributed by atoms with Gasteiger partial charge in [-0.3, -0.25) is 4.79 Å². The molecule has 1 aromatic rings. The molecule has 0 aromatic heterocycles. The standard InChI is InChI=1S/C14H19NO4/c1-3-9(2)11(14(18)19)15-13(17)12(16)10-7-5-4-6-8-10/h4-9,11-12,16H,3H2,1-2H3,(H,15,17)(H,18,19)/t9-,11-,12+/m1/s1. The maximum atomic E-state index is 11.9. The number of aliphatic carboxylic acids is 1. The van der Waals surface area contributed by atoms with Crippen molar-refractivity contribution in [2.45, 2.75) is 32.4 Å². The molecule has 1 rings (SSSR count). The average molecular weight is 265 g/mol. The fourth-order valence-corrected chi connectivity index (χ4v) is 1.70. The largest absolute Gasteiger partial charge is 0.480 e. The summed E-state index contributed by atoms with van der Waals surface area (Å²) in [4.78, 5) is 23.0. The van der Waals surface area contributed by atoms with Gasteiger partial charge in [0.2, 0.25) is 0 Å². The quantitative estimate of drug-likeness (QED) is 0.724. The maximum Gasteiger partial charge on any atom is 0.326 e. The van der Waals surface area contributed by atoms with Gasteiger partial charge < -0.3 is 15.5 Å². The summed E-state index contributed by atoms with van der Waals surface area (Å²) in [6.45, 7) is 3.59. The molecule has 0 bridgehead atoms. The van der Waals surface area contributed by atoms with Gasteiger partial charge in [0.05, 0.1) is 0 Å². The Morgan fingerprint density at radius 3 is 2.32 bits per heavy atom. The number of rotatable bonds is 6. The van der Waals surface area contributed by atoms with Crippen molar-refractivity contribution >= 4 is 11.9 Å². The van der Waals surface area contributed by atoms with Crippen LogP contribution in [0.3, 0.4) is 0 Å². The number of aliphatic hydroxyl groups excluding tert-OH is 1. The summed E-state index contributed by atoms with van der Waals surface area (Å²) in [5, 5.41) is 21.3. The van der Waals surface area contributed by atoms with Gasteiger partial charge in [0.15, 0.2) is 6.10 Å². The van der Waals surface area contributed by atoms with Crippen molar-refractivity contribution in [3.63, 3.8) is 0 Å². The highest BCUT2D eigenvalue weighted by molar-refractivity contribution is 5.87. The van der Waals surface area contributed by atoms with Crippen LogP contribution in [0.25, 0.3) is 0 Å². The molecule has 5 heteroatoms. The Morgan fingerprint density at radius 2 is 1.84 bits per heavy atom. The third-order valence-corrected chi connectivity index (χ3v) is 3.14. The smallest absolute Gasteiger partial charge is 0.326 e. The predicted molar refractivity (Wildman–Crippen MR) is 70.4 cm³/mol. The summed E-state index contributed by atoms with van der Waals surface area (Å²) in [6.07, 6.45) is -0.731. The second-order valence-corrected chi connectivity index (χ2v) is 4.52. The van der Waals surface area contributed by atoms with Gasteiger partial charge in [0, 0.05) is 0 Å². The molecular formula is C14H19NO4. The molecule has 1 aromatic carbocycles. The van der Waals surface area contributed by atoms with Gasteiger partial charge >= 0.3 is 5.97 Å². The summed E-state index contributed by atoms with van der Waals surface area (Å²) in [5.41, 5.74) is 0.438. The number of benzene rings is 1. The SMILES string of the molecule is CC[C@@H](C)[C@@H](NC(=O)[C@@H](O)c1ccccc1)C(=O)O. The molecule has 0 radical (unpaired) electrons. The van der Waals surface area contributed by atoms with Gasteiger partial charge in [0.25, 0.3) is 5.91 Å². The van der Waals surface area contributed by atoms with Crippen LogP contribution in [-0.4, -0.2) is 28.1 Å². The number of carbonyl (C=O) groups excluding carboxylic acids is 1. The Balaban J connectivity index is 2.75. The number of amides is 1. The summed E-state index contributed by atoms with van der Waals surface area (Å²) < 4.78 is 0. The first-order valence-corrected chi connectivity index (χ1v) is 6.23. The normalized spacial score (nSPS) is 15.3. The van der Waals surface area contributed by atoms with E-state index >= 15 is 0 Å². The molecule has 3 N–H and O–H groups in total. The zero-order valence-corrected chi connectivity index (χ0v) is 11.0. The highest BCUT2D eigenvalue weighted by Crippen LogP contribution is 2.14. The second kappa shape index (κ2) is 6.89. The molecule has 5 nitrogen and oxygen atoms in total. The summed E-state index contributed by atoms with van der Waals surface area (Å²) in [6, 6.07) is 7.42. The van der Waals surface area contributed by atoms with Crippen LogP contribution in [0.2, 0.25) is 0 Å². The lowest BCUT2D eigenvalue weighted by Gasteiger charge is -2.21. The number of carboxylic acids is 1. The Hall–Kier alpha value is -1.88. The van der Waals surface area contributed by atoms with Crippen LogP contribution >= 0.6 is 0 Å². The number of hydrogen-bond acceptors (Lipinski definition) is 3. The minimum atomic E-state index is -1.35. The van der Waals surface area contributed by atoms with Gasteiger partial charge in [-0.25, -0.2) is 4.79 Å². The van der Waals surface area contributed by atoms with Gasteiger partial charge in [0.1, 0.15) is 6.04 Å². The molecule has 0 fully saturated rings. The van der Waals surface area contributed by atoms with Crippen molar-refractivity contribution in [2.24, 2.45) is 5.92 Å². The van der Waals surface area contributed by atoms with E-state index in [0.717, 1.165) is 0 Å². The summed E-state index contributed by atoms with van der Waals surface area (Å²) >= 11 is 0. The predicted octanol–water partition coefficient (Wildman–Crippen LogP) is 1.34. The first kappa shape index (κ1) is 15.2. The molecule has 0 saturated heterocycles. The number of carbonyl (C=O) groups is 2. The van der Waals surface area contributed by atoms with Crippen molar-refractivity contribution in [1.29, 1.82) is 0 Å². The van der Waals surface area contributed by atoms with Crippen LogP contribution < -0.4 is 5.32 Å². The average Bonchev–Trinajstić information content (AvgIpc) is 2.43. The van der Waals surface area contributed by atoms with Gasteiger partial charge in [-0.15, -0.1) is 0 Å². The van der Waals surface area contributed by atoms with E-state index in [1.165, 1.54) is 0 Å². The van der Waals surface area contributed by atoms with Crippen LogP contribution in [0.1, 0.15) is 31.9 Å². The van der Waals surface area contributed by atoms with Crippen LogP contribution in [0.4, 0.5) is 0 Å². The number of carboxylic acid groups (broad SMARTS) is 1. The van der Waals surface area contributed by atoms with Gasteiger partial charge in [-0.05, 0) is 11.5 Å². The highest BCUT2D eigenvalue weighted by Gasteiger charge is 2.28. The number of aliphatic hydroxyl groups is 1. The molecule has 19 heavy (non-hydrogen) atoms. The van der Waals surface area contributed by atoms with E-state index in [0.29, 0.717) is 12.0 Å². The minimum Gasteiger partial charge on any atom is -0.480 e. The van der Waals surface area contributed by atoms with Crippen LogP contribution in [0, 0.1) is 5.92 Å². The van der Waals surface area contributed by atoms with E-state index in [2.05, 4.69) is 5.32 Å². The third-order valence-electron chi connectivity index (χ3n) is 3.14. The molecule has 0 aliphatic rings. The number of nitrogens with one attached hydrogen (secondary N) is 1. The second-order valence-electron chi connectivity index (χ2n) is 4.52. The Morgan fingerprint density at radius 1 is 1.26 bits per heavy atom. The van der Waals surface area contributed by atoms with E-state index in [4.69, 9.17) is 5.11 Å². The minimum absolute atomic E-state index is 0.204. The molecule has 0 aliphatic heterocycles. The van der Waals surface area contributed by atoms with E-state index in [1.54, 1.807) is 37.3 Å². The molecule has 1 amide bonds. The highest BCUT2D eigenvalue weighted by atomic mass is 16.4. The monoisotopic (exact) mass is 265 g/mol. The Bertz CT molecular complexity index is 432. The Kier molecular flexibility index (Phi) is 5.51. The van der Waals surface area contributed by atoms with Crippen LogP contribution in [0.5, 0.6) is 0 Å². The molecular weight excluding hydrogens is 246 g/mol. The fraction of sp³-hybridized carbons (Fsp3) is 0.429. The van der Waals surface area contributed by atoms with Crippen molar-refractivity contribution in [3.05, 3.63) is 35.9 Å². The first-order valence-electron chi connectivity index (χ1n) is 6.23. The molecule has 3 atom stereocenters. The Labute approximate surface area is 112 Å². The lowest BCUT2D eigenvalue weighted by atomic mass is 9.98. The molecule has 0 unspecified atom stereocenters. The van der Waals surface area contributed by atoms with Gasteiger partial charge in [-0.1, -0.05) is 50.6 Å². The zero-order chi connectivity index (χ0) is 14.4. The summed E-state index contributed by atoms with van der Waals surface area (Å²) in [7, 11) is 0. The van der Waals surface area contributed by atoms with Crippen molar-refractivity contribution in [3.8, 4) is 0 Å². The fourth-order valence-electron chi connectivity index (χ4n) is 1.70. The van der Waals surface area contributed by atoms with Crippen LogP contribution in [-0.2, 0) is 9.59 Å². The van der Waals surface area contributed by atoms with E-state index < -0.39 is 24.0 Å². The van der Waals surface area contributed by atoms with E-state index in [-0.39, 0.29) is 5.92 Å². The first-order chi connectivity index (χ1) is 8.97. The number of hydrogen-bond donors (Lipinski definition) is 3. The molecule has 0 heterocycles. The van der Waals surface area contributed by atoms with Gasteiger partial charge in [-0.2, -0.15) is 0 Å². The van der Waals surface area contributed by atoms with Crippen molar-refractivity contribution in [1.82, 2.24) is 5.32 Å². The van der Waals surface area contributed by atoms with Crippen molar-refractivity contribution < 1.29 is 19.8 Å². The lowest BCUT2D eigenvalue weighted by Crippen LogP contribution is -2.46. The molecule has 0 spiro atoms. The molecule has 0 aliphatic carbocycles. The van der Waals surface area contributed by atoms with Crippen LogP contribution in [0.15, 0.2) is 30.3 Å². The molecule has 104 valence electrons. The topological polar surface area (TPSA) is 86.6 Å². The zero-order valence-electron chi connectivity index (χ0n) is 11.0. The summed E-state index contributed by atoms with van der Waals surface area (Å²) in [5.74, 6) is -1.99. The maximum absolute atomic E-state index is 11.9. The molecule has 0 saturated carbocycles. The van der Waals surface area contributed by atoms with Crippen molar-refractivity contribution in [2.75, 3.05) is 0 Å². The van der Waals surface area contributed by atoms with E-state index in [1.807, 2.05) is 6.92 Å². The van der Waals surface area contributed by atoms with E-state index in [9.17, 15) is 14.7 Å². The third kappa shape index (κ3) is 4.06.